The predicted molar refractivity (Wildman–Crippen MR) is 130 cm³/mol. The molecular formula is C22H31IN6O. The standard InChI is InChI=1S/C22H30N6O.HI/c1-16-24-9-10-28(16)15-18-8-6-7-17(11-18)12-26-21(23-5)27-14-20-25-13-19(29-20)22(2,3)4;/h6-11,13H,12,14-15H2,1-5H3,(H2,23,26,27);1H. The largest absolute Gasteiger partial charge is 0.443 e. The maximum Gasteiger partial charge on any atom is 0.213 e. The van der Waals surface area contributed by atoms with Crippen molar-refractivity contribution in [1.82, 2.24) is 25.2 Å². The SMILES string of the molecule is CN=C(NCc1cccc(Cn2ccnc2C)c1)NCc1ncc(C(C)(C)C)o1.I. The number of halogens is 1. The fourth-order valence-corrected chi connectivity index (χ4v) is 2.91. The van der Waals surface area contributed by atoms with Gasteiger partial charge in [-0.15, -0.1) is 24.0 Å². The van der Waals surface area contributed by atoms with Gasteiger partial charge in [-0.25, -0.2) is 9.97 Å². The van der Waals surface area contributed by atoms with E-state index in [9.17, 15) is 0 Å². The molecule has 3 aromatic rings. The van der Waals surface area contributed by atoms with Gasteiger partial charge in [-0.3, -0.25) is 4.99 Å². The first kappa shape index (κ1) is 23.9. The summed E-state index contributed by atoms with van der Waals surface area (Å²) >= 11 is 0. The molecule has 0 aliphatic rings. The summed E-state index contributed by atoms with van der Waals surface area (Å²) in [4.78, 5) is 12.9. The lowest BCUT2D eigenvalue weighted by Gasteiger charge is -2.14. The molecule has 0 unspecified atom stereocenters. The molecule has 0 amide bonds. The molecule has 2 N–H and O–H groups in total. The number of oxazole rings is 1. The molecule has 0 saturated carbocycles. The van der Waals surface area contributed by atoms with Gasteiger partial charge in [0.05, 0.1) is 12.7 Å². The summed E-state index contributed by atoms with van der Waals surface area (Å²) in [6, 6.07) is 8.51. The second-order valence-electron chi connectivity index (χ2n) is 8.07. The molecule has 0 spiro atoms. The second kappa shape index (κ2) is 10.6. The van der Waals surface area contributed by atoms with Crippen LogP contribution in [0.1, 0.15) is 49.4 Å². The molecule has 0 bridgehead atoms. The molecular weight excluding hydrogens is 491 g/mol. The summed E-state index contributed by atoms with van der Waals surface area (Å²) in [6.45, 7) is 10.3. The van der Waals surface area contributed by atoms with Crippen LogP contribution in [0.25, 0.3) is 0 Å². The Morgan fingerprint density at radius 2 is 1.87 bits per heavy atom. The minimum absolute atomic E-state index is 0. The number of benzene rings is 1. The molecule has 162 valence electrons. The quantitative estimate of drug-likeness (QED) is 0.291. The molecule has 0 radical (unpaired) electrons. The van der Waals surface area contributed by atoms with E-state index in [1.165, 1.54) is 11.1 Å². The summed E-state index contributed by atoms with van der Waals surface area (Å²) in [6.07, 6.45) is 5.62. The molecule has 2 heterocycles. The lowest BCUT2D eigenvalue weighted by Crippen LogP contribution is -2.36. The molecule has 0 atom stereocenters. The molecule has 3 rings (SSSR count). The van der Waals surface area contributed by atoms with Crippen LogP contribution < -0.4 is 10.6 Å². The van der Waals surface area contributed by atoms with Crippen molar-refractivity contribution in [3.05, 3.63) is 71.5 Å². The van der Waals surface area contributed by atoms with Crippen molar-refractivity contribution in [2.75, 3.05) is 7.05 Å². The van der Waals surface area contributed by atoms with Gasteiger partial charge >= 0.3 is 0 Å². The van der Waals surface area contributed by atoms with E-state index in [2.05, 4.69) is 75.2 Å². The topological polar surface area (TPSA) is 80.3 Å². The van der Waals surface area contributed by atoms with E-state index in [1.807, 2.05) is 19.3 Å². The summed E-state index contributed by atoms with van der Waals surface area (Å²) < 4.78 is 7.95. The van der Waals surface area contributed by atoms with E-state index >= 15 is 0 Å². The zero-order chi connectivity index (χ0) is 20.9. The van der Waals surface area contributed by atoms with Crippen LogP contribution in [0.2, 0.25) is 0 Å². The summed E-state index contributed by atoms with van der Waals surface area (Å²) in [7, 11) is 1.75. The Bertz CT molecular complexity index is 970. The van der Waals surface area contributed by atoms with Gasteiger partial charge in [0.25, 0.3) is 0 Å². The minimum Gasteiger partial charge on any atom is -0.443 e. The fourth-order valence-electron chi connectivity index (χ4n) is 2.91. The molecule has 0 aliphatic heterocycles. The van der Waals surface area contributed by atoms with Gasteiger partial charge in [0.2, 0.25) is 5.89 Å². The van der Waals surface area contributed by atoms with Crippen molar-refractivity contribution in [2.45, 2.75) is 52.7 Å². The number of nitrogens with one attached hydrogen (secondary N) is 2. The van der Waals surface area contributed by atoms with Crippen molar-refractivity contribution >= 4 is 29.9 Å². The van der Waals surface area contributed by atoms with Gasteiger partial charge in [-0.2, -0.15) is 0 Å². The van der Waals surface area contributed by atoms with E-state index < -0.39 is 0 Å². The van der Waals surface area contributed by atoms with E-state index in [0.29, 0.717) is 24.9 Å². The first-order valence-electron chi connectivity index (χ1n) is 9.80. The Morgan fingerprint density at radius 1 is 1.13 bits per heavy atom. The van der Waals surface area contributed by atoms with Gasteiger partial charge in [0, 0.05) is 37.9 Å². The van der Waals surface area contributed by atoms with Crippen LogP contribution >= 0.6 is 24.0 Å². The van der Waals surface area contributed by atoms with E-state index in [1.54, 1.807) is 13.2 Å². The number of aliphatic imine (C=N–C) groups is 1. The summed E-state index contributed by atoms with van der Waals surface area (Å²) in [5.74, 6) is 3.24. The third-order valence-corrected chi connectivity index (χ3v) is 4.65. The number of hydrogen-bond donors (Lipinski definition) is 2. The Hall–Kier alpha value is -2.36. The maximum atomic E-state index is 5.82. The zero-order valence-corrected chi connectivity index (χ0v) is 20.6. The number of hydrogen-bond acceptors (Lipinski definition) is 4. The molecule has 0 saturated heterocycles. The zero-order valence-electron chi connectivity index (χ0n) is 18.3. The molecule has 2 aromatic heterocycles. The number of rotatable bonds is 6. The fraction of sp³-hybridized carbons (Fsp3) is 0.409. The van der Waals surface area contributed by atoms with Crippen LogP contribution in [0.4, 0.5) is 0 Å². The second-order valence-corrected chi connectivity index (χ2v) is 8.07. The van der Waals surface area contributed by atoms with Crippen LogP contribution in [-0.2, 0) is 25.0 Å². The highest BCUT2D eigenvalue weighted by Gasteiger charge is 2.19. The molecule has 0 aliphatic carbocycles. The van der Waals surface area contributed by atoms with Gasteiger partial charge in [-0.1, -0.05) is 45.0 Å². The van der Waals surface area contributed by atoms with E-state index in [4.69, 9.17) is 4.42 Å². The first-order chi connectivity index (χ1) is 13.8. The number of aromatic nitrogens is 3. The highest BCUT2D eigenvalue weighted by atomic mass is 127. The number of guanidine groups is 1. The smallest absolute Gasteiger partial charge is 0.213 e. The highest BCUT2D eigenvalue weighted by molar-refractivity contribution is 14.0. The first-order valence-corrected chi connectivity index (χ1v) is 9.80. The van der Waals surface area contributed by atoms with Crippen molar-refractivity contribution in [1.29, 1.82) is 0 Å². The lowest BCUT2D eigenvalue weighted by atomic mass is 9.94. The third-order valence-electron chi connectivity index (χ3n) is 4.65. The molecule has 7 nitrogen and oxygen atoms in total. The van der Waals surface area contributed by atoms with Crippen LogP contribution in [0.5, 0.6) is 0 Å². The van der Waals surface area contributed by atoms with Gasteiger partial charge in [0.15, 0.2) is 5.96 Å². The molecule has 1 aromatic carbocycles. The lowest BCUT2D eigenvalue weighted by molar-refractivity contribution is 0.379. The highest BCUT2D eigenvalue weighted by Crippen LogP contribution is 2.22. The predicted octanol–water partition coefficient (Wildman–Crippen LogP) is 4.01. The van der Waals surface area contributed by atoms with E-state index in [0.717, 1.165) is 18.1 Å². The average Bonchev–Trinajstić information content (AvgIpc) is 3.32. The normalized spacial score (nSPS) is 11.8. The Kier molecular flexibility index (Phi) is 8.45. The van der Waals surface area contributed by atoms with Crippen molar-refractivity contribution in [3.8, 4) is 0 Å². The number of aryl methyl sites for hydroxylation is 1. The van der Waals surface area contributed by atoms with Crippen LogP contribution in [0, 0.1) is 6.92 Å². The van der Waals surface area contributed by atoms with Gasteiger partial charge in [0.1, 0.15) is 11.6 Å². The maximum absolute atomic E-state index is 5.82. The van der Waals surface area contributed by atoms with Crippen LogP contribution in [-0.4, -0.2) is 27.5 Å². The minimum atomic E-state index is -0.0502. The monoisotopic (exact) mass is 522 g/mol. The van der Waals surface area contributed by atoms with Crippen molar-refractivity contribution in [2.24, 2.45) is 4.99 Å². The van der Waals surface area contributed by atoms with Crippen molar-refractivity contribution in [3.63, 3.8) is 0 Å². The Labute approximate surface area is 195 Å². The summed E-state index contributed by atoms with van der Waals surface area (Å²) in [5.41, 5.74) is 2.38. The molecule has 8 heteroatoms. The Morgan fingerprint density at radius 3 is 2.50 bits per heavy atom. The third kappa shape index (κ3) is 6.58. The average molecular weight is 522 g/mol. The van der Waals surface area contributed by atoms with Gasteiger partial charge in [-0.05, 0) is 18.1 Å². The van der Waals surface area contributed by atoms with Gasteiger partial charge < -0.3 is 19.6 Å². The van der Waals surface area contributed by atoms with Crippen LogP contribution in [0.15, 0.2) is 52.3 Å². The number of imidazole rings is 1. The number of nitrogens with zero attached hydrogens (tertiary/aromatic N) is 4. The Balaban J connectivity index is 0.00000320. The summed E-state index contributed by atoms with van der Waals surface area (Å²) in [5, 5.41) is 6.59. The van der Waals surface area contributed by atoms with E-state index in [-0.39, 0.29) is 29.4 Å². The van der Waals surface area contributed by atoms with Crippen molar-refractivity contribution < 1.29 is 4.42 Å². The molecule has 30 heavy (non-hydrogen) atoms. The van der Waals surface area contributed by atoms with Crippen LogP contribution in [0.3, 0.4) is 0 Å². The molecule has 0 fully saturated rings.